The van der Waals surface area contributed by atoms with Gasteiger partial charge in [-0.25, -0.2) is 18.4 Å². The Balaban J connectivity index is 1.52. The molecule has 1 aliphatic heterocycles. The van der Waals surface area contributed by atoms with Crippen LogP contribution < -0.4 is 15.2 Å². The molecule has 1 saturated heterocycles. The molecule has 3 aromatic rings. The van der Waals surface area contributed by atoms with Gasteiger partial charge in [0.1, 0.15) is 11.8 Å². The number of morpholine rings is 1. The summed E-state index contributed by atoms with van der Waals surface area (Å²) in [7, 11) is -0.893. The third-order valence-corrected chi connectivity index (χ3v) is 8.07. The Bertz CT molecular complexity index is 1520. The first-order valence-corrected chi connectivity index (χ1v) is 14.7. The topological polar surface area (TPSA) is 137 Å². The first kappa shape index (κ1) is 30.2. The Morgan fingerprint density at radius 3 is 2.46 bits per heavy atom. The van der Waals surface area contributed by atoms with Crippen molar-refractivity contribution in [2.75, 3.05) is 34.0 Å². The minimum atomic E-state index is -3.81. The number of esters is 1. The van der Waals surface area contributed by atoms with E-state index in [1.165, 1.54) is 13.2 Å². The van der Waals surface area contributed by atoms with Crippen LogP contribution in [0, 0.1) is 6.92 Å². The van der Waals surface area contributed by atoms with Crippen LogP contribution in [0.3, 0.4) is 0 Å². The molecule has 0 unspecified atom stereocenters. The van der Waals surface area contributed by atoms with Crippen LogP contribution in [0.4, 0.5) is 0 Å². The summed E-state index contributed by atoms with van der Waals surface area (Å²) in [5, 5.41) is 8.37. The maximum atomic E-state index is 13.4. The highest BCUT2D eigenvalue weighted by atomic mass is 32.2. The fourth-order valence-electron chi connectivity index (χ4n) is 4.88. The quantitative estimate of drug-likeness (QED) is 0.368. The first-order valence-electron chi connectivity index (χ1n) is 13.1. The van der Waals surface area contributed by atoms with Crippen molar-refractivity contribution in [1.29, 1.82) is 0 Å². The fraction of sp³-hybridized carbons (Fsp3) is 0.333. The molecule has 4 rings (SSSR count). The molecule has 0 aromatic heterocycles. The number of primary sulfonamides is 1. The zero-order chi connectivity index (χ0) is 29.7. The number of hydrogen-bond acceptors (Lipinski definition) is 8. The van der Waals surface area contributed by atoms with E-state index < -0.39 is 22.0 Å². The number of aryl methyl sites for hydroxylation is 1. The number of methoxy groups -OCH3 is 2. The Hall–Kier alpha value is -3.77. The van der Waals surface area contributed by atoms with Gasteiger partial charge in [-0.05, 0) is 84.1 Å². The molecule has 3 aromatic carbocycles. The minimum Gasteiger partial charge on any atom is -0.497 e. The molecule has 0 spiro atoms. The summed E-state index contributed by atoms with van der Waals surface area (Å²) < 4.78 is 39.5. The van der Waals surface area contributed by atoms with Crippen molar-refractivity contribution in [3.05, 3.63) is 82.9 Å². The molecular weight excluding hydrogens is 546 g/mol. The van der Waals surface area contributed by atoms with Crippen LogP contribution in [0.1, 0.15) is 40.0 Å². The number of carbonyl (C=O) groups is 2. The van der Waals surface area contributed by atoms with Gasteiger partial charge in [0.2, 0.25) is 15.9 Å². The Morgan fingerprint density at radius 2 is 1.83 bits per heavy atom. The number of nitrogens with two attached hydrogens (primary N) is 1. The van der Waals surface area contributed by atoms with Gasteiger partial charge < -0.3 is 19.5 Å². The van der Waals surface area contributed by atoms with Crippen LogP contribution in [-0.4, -0.2) is 65.2 Å². The summed E-state index contributed by atoms with van der Waals surface area (Å²) in [5.74, 6) is 0.0668. The largest absolute Gasteiger partial charge is 0.497 e. The van der Waals surface area contributed by atoms with Crippen LogP contribution in [0.25, 0.3) is 11.1 Å². The van der Waals surface area contributed by atoms with E-state index in [1.54, 1.807) is 43.5 Å². The number of nitrogens with one attached hydrogen (secondary N) is 1. The lowest BCUT2D eigenvalue weighted by atomic mass is 9.98. The van der Waals surface area contributed by atoms with Crippen molar-refractivity contribution in [3.8, 4) is 16.9 Å². The first-order chi connectivity index (χ1) is 19.5. The number of sulfonamides is 1. The lowest BCUT2D eigenvalue weighted by Gasteiger charge is -2.35. The normalized spacial score (nSPS) is 16.6. The molecule has 1 fully saturated rings. The Morgan fingerprint density at radius 1 is 1.10 bits per heavy atom. The van der Waals surface area contributed by atoms with E-state index in [1.807, 2.05) is 32.0 Å². The number of carbonyl (C=O) groups excluding carboxylic acids is 2. The summed E-state index contributed by atoms with van der Waals surface area (Å²) in [6.45, 7) is 5.51. The van der Waals surface area contributed by atoms with Crippen molar-refractivity contribution in [3.63, 3.8) is 0 Å². The zero-order valence-corrected chi connectivity index (χ0v) is 24.4. The molecule has 10 nitrogen and oxygen atoms in total. The zero-order valence-electron chi connectivity index (χ0n) is 23.5. The molecule has 2 atom stereocenters. The van der Waals surface area contributed by atoms with E-state index in [0.717, 1.165) is 27.8 Å². The van der Waals surface area contributed by atoms with Crippen molar-refractivity contribution >= 4 is 21.9 Å². The van der Waals surface area contributed by atoms with Gasteiger partial charge in [-0.2, -0.15) is 0 Å². The van der Waals surface area contributed by atoms with E-state index in [9.17, 15) is 18.0 Å². The van der Waals surface area contributed by atoms with E-state index in [-0.39, 0.29) is 23.5 Å². The molecule has 218 valence electrons. The average molecular weight is 582 g/mol. The molecule has 0 bridgehead atoms. The van der Waals surface area contributed by atoms with E-state index >= 15 is 0 Å². The lowest BCUT2D eigenvalue weighted by molar-refractivity contribution is -0.133. The molecule has 0 aliphatic carbocycles. The van der Waals surface area contributed by atoms with E-state index in [2.05, 4.69) is 10.2 Å². The highest BCUT2D eigenvalue weighted by molar-refractivity contribution is 7.89. The molecular formula is C30H35N3O7S. The highest BCUT2D eigenvalue weighted by Gasteiger charge is 2.30. The van der Waals surface area contributed by atoms with Crippen LogP contribution >= 0.6 is 0 Å². The highest BCUT2D eigenvalue weighted by Crippen LogP contribution is 2.31. The molecule has 11 heteroatoms. The summed E-state index contributed by atoms with van der Waals surface area (Å²) in [6, 6.07) is 16.7. The smallest absolute Gasteiger partial charge is 0.337 e. The summed E-state index contributed by atoms with van der Waals surface area (Å²) in [4.78, 5) is 27.2. The number of amides is 1. The third-order valence-electron chi connectivity index (χ3n) is 7.16. The number of nitrogens with zero attached hydrogens (tertiary/aromatic N) is 1. The maximum Gasteiger partial charge on any atom is 0.337 e. The minimum absolute atomic E-state index is 0.0534. The summed E-state index contributed by atoms with van der Waals surface area (Å²) in [5.41, 5.74) is 4.69. The van der Waals surface area contributed by atoms with E-state index in [4.69, 9.17) is 19.3 Å². The van der Waals surface area contributed by atoms with Crippen molar-refractivity contribution < 1.29 is 32.2 Å². The SMILES string of the molecule is COC(=O)c1ccc([C@H](C)NC(=O)[C@H]2COCCN2Cc2cc(OC)cc(-c3ccc(S(N)(=O)=O)cc3C)c2)cc1. The molecule has 41 heavy (non-hydrogen) atoms. The van der Waals surface area contributed by atoms with Gasteiger partial charge in [0.15, 0.2) is 0 Å². The van der Waals surface area contributed by atoms with Crippen molar-refractivity contribution in [2.24, 2.45) is 5.14 Å². The van der Waals surface area contributed by atoms with Crippen LogP contribution in [0.2, 0.25) is 0 Å². The fourth-order valence-corrected chi connectivity index (χ4v) is 5.48. The predicted molar refractivity (Wildman–Crippen MR) is 154 cm³/mol. The molecule has 0 radical (unpaired) electrons. The predicted octanol–water partition coefficient (Wildman–Crippen LogP) is 3.18. The summed E-state index contributed by atoms with van der Waals surface area (Å²) >= 11 is 0. The van der Waals surface area contributed by atoms with Gasteiger partial charge in [-0.3, -0.25) is 9.69 Å². The van der Waals surface area contributed by atoms with Gasteiger partial charge in [-0.15, -0.1) is 0 Å². The van der Waals surface area contributed by atoms with E-state index in [0.29, 0.717) is 31.0 Å². The molecule has 1 aliphatic rings. The lowest BCUT2D eigenvalue weighted by Crippen LogP contribution is -2.53. The Labute approximate surface area is 240 Å². The standard InChI is InChI=1S/C30H35N3O7S/c1-19-13-26(41(31,36)37)9-10-27(19)24-14-21(15-25(16-24)38-3)17-33-11-12-40-18-28(33)29(34)32-20(2)22-5-7-23(8-6-22)30(35)39-4/h5-10,13-16,20,28H,11-12,17-18H2,1-4H3,(H,32,34)(H2,31,36,37)/t20-,28+/m0/s1. The summed E-state index contributed by atoms with van der Waals surface area (Å²) in [6.07, 6.45) is 0. The van der Waals surface area contributed by atoms with Crippen LogP contribution in [0.15, 0.2) is 65.6 Å². The molecule has 3 N–H and O–H groups in total. The van der Waals surface area contributed by atoms with Crippen molar-refractivity contribution in [2.45, 2.75) is 37.4 Å². The average Bonchev–Trinajstić information content (AvgIpc) is 2.96. The molecule has 1 heterocycles. The van der Waals surface area contributed by atoms with Gasteiger partial charge >= 0.3 is 5.97 Å². The maximum absolute atomic E-state index is 13.4. The molecule has 1 amide bonds. The monoisotopic (exact) mass is 581 g/mol. The second kappa shape index (κ2) is 12.8. The third kappa shape index (κ3) is 7.31. The van der Waals surface area contributed by atoms with Gasteiger partial charge in [0.25, 0.3) is 0 Å². The van der Waals surface area contributed by atoms with Gasteiger partial charge in [0.05, 0.1) is 43.9 Å². The second-order valence-electron chi connectivity index (χ2n) is 10.00. The number of hydrogen-bond donors (Lipinski definition) is 2. The van der Waals surface area contributed by atoms with Crippen molar-refractivity contribution in [1.82, 2.24) is 10.2 Å². The van der Waals surface area contributed by atoms with Crippen LogP contribution in [0.5, 0.6) is 5.75 Å². The Kier molecular flexibility index (Phi) is 9.44. The van der Waals surface area contributed by atoms with Gasteiger partial charge in [-0.1, -0.05) is 18.2 Å². The number of ether oxygens (including phenoxy) is 3. The number of rotatable bonds is 9. The second-order valence-corrected chi connectivity index (χ2v) is 11.6. The molecule has 0 saturated carbocycles. The van der Waals surface area contributed by atoms with Crippen LogP contribution in [-0.2, 0) is 30.8 Å². The van der Waals surface area contributed by atoms with Gasteiger partial charge in [0, 0.05) is 13.1 Å². The number of benzene rings is 3.